The fraction of sp³-hybridized carbons (Fsp3) is 0.158. The summed E-state index contributed by atoms with van der Waals surface area (Å²) in [4.78, 5) is 13.2. The third-order valence-corrected chi connectivity index (χ3v) is 5.52. The van der Waals surface area contributed by atoms with E-state index in [1.807, 2.05) is 0 Å². The molecule has 0 bridgehead atoms. The molecule has 0 radical (unpaired) electrons. The highest BCUT2D eigenvalue weighted by Gasteiger charge is 2.22. The number of fused-ring (bicyclic) bond motifs is 1. The summed E-state index contributed by atoms with van der Waals surface area (Å²) >= 11 is 1.12. The molecule has 4 aromatic rings. The Morgan fingerprint density at radius 1 is 1.24 bits per heavy atom. The van der Waals surface area contributed by atoms with E-state index in [4.69, 9.17) is 4.74 Å². The Labute approximate surface area is 167 Å². The molecule has 0 atom stereocenters. The van der Waals surface area contributed by atoms with Crippen LogP contribution in [0, 0.1) is 18.6 Å². The quantitative estimate of drug-likeness (QED) is 0.535. The lowest BCUT2D eigenvalue weighted by Crippen LogP contribution is -2.14. The Hall–Kier alpha value is -3.24. The zero-order chi connectivity index (χ0) is 20.5. The van der Waals surface area contributed by atoms with Gasteiger partial charge in [0.25, 0.3) is 5.91 Å². The summed E-state index contributed by atoms with van der Waals surface area (Å²) in [6, 6.07) is 8.77. The van der Waals surface area contributed by atoms with Gasteiger partial charge in [-0.25, -0.2) is 8.78 Å². The number of nitrogens with zero attached hydrogens (tertiary/aromatic N) is 4. The molecule has 0 fully saturated rings. The zero-order valence-corrected chi connectivity index (χ0v) is 16.3. The molecule has 0 aliphatic carbocycles. The van der Waals surface area contributed by atoms with E-state index < -0.39 is 17.5 Å². The summed E-state index contributed by atoms with van der Waals surface area (Å²) in [5.74, 6) is -1.10. The van der Waals surface area contributed by atoms with E-state index in [2.05, 4.69) is 20.8 Å². The Morgan fingerprint density at radius 3 is 2.79 bits per heavy atom. The monoisotopic (exact) mass is 415 g/mol. The van der Waals surface area contributed by atoms with Crippen LogP contribution in [-0.2, 0) is 11.3 Å². The Balaban J connectivity index is 1.73. The summed E-state index contributed by atoms with van der Waals surface area (Å²) in [5.41, 5.74) is 0.878. The fourth-order valence-electron chi connectivity index (χ4n) is 3.02. The van der Waals surface area contributed by atoms with E-state index in [-0.39, 0.29) is 17.2 Å². The van der Waals surface area contributed by atoms with Crippen LogP contribution in [0.15, 0.2) is 36.4 Å². The van der Waals surface area contributed by atoms with E-state index in [0.717, 1.165) is 11.3 Å². The minimum Gasteiger partial charge on any atom is -0.380 e. The number of hydrogen-bond donors (Lipinski definition) is 1. The molecule has 0 saturated heterocycles. The first-order valence-electron chi connectivity index (χ1n) is 8.54. The maximum Gasteiger partial charge on any atom is 0.266 e. The predicted molar refractivity (Wildman–Crippen MR) is 104 cm³/mol. The molecule has 10 heteroatoms. The van der Waals surface area contributed by atoms with Crippen LogP contribution in [0.25, 0.3) is 15.8 Å². The maximum absolute atomic E-state index is 14.3. The Kier molecular flexibility index (Phi) is 5.03. The van der Waals surface area contributed by atoms with Crippen molar-refractivity contribution in [3.8, 4) is 5.69 Å². The molecule has 0 unspecified atom stereocenters. The van der Waals surface area contributed by atoms with Gasteiger partial charge in [0.05, 0.1) is 22.9 Å². The van der Waals surface area contributed by atoms with Crippen molar-refractivity contribution in [3.05, 3.63) is 64.3 Å². The number of hydrogen-bond acceptors (Lipinski definition) is 6. The molecule has 0 spiro atoms. The number of aromatic nitrogens is 4. The largest absolute Gasteiger partial charge is 0.380 e. The number of ether oxygens (including phenoxy) is 1. The van der Waals surface area contributed by atoms with Gasteiger partial charge in [-0.2, -0.15) is 4.68 Å². The van der Waals surface area contributed by atoms with Gasteiger partial charge in [-0.1, -0.05) is 6.07 Å². The van der Waals surface area contributed by atoms with Gasteiger partial charge in [0, 0.05) is 22.8 Å². The van der Waals surface area contributed by atoms with Gasteiger partial charge in [-0.05, 0) is 47.7 Å². The maximum atomic E-state index is 14.3. The van der Waals surface area contributed by atoms with E-state index in [0.29, 0.717) is 27.2 Å². The molecule has 148 valence electrons. The second-order valence-electron chi connectivity index (χ2n) is 6.21. The van der Waals surface area contributed by atoms with Gasteiger partial charge >= 0.3 is 0 Å². The molecule has 4 rings (SSSR count). The zero-order valence-electron chi connectivity index (χ0n) is 15.4. The Bertz CT molecular complexity index is 1220. The van der Waals surface area contributed by atoms with E-state index in [9.17, 15) is 13.6 Å². The number of anilines is 1. The number of benzene rings is 2. The lowest BCUT2D eigenvalue weighted by molar-refractivity contribution is 0.102. The first kappa shape index (κ1) is 19.1. The normalized spacial score (nSPS) is 11.2. The third-order valence-electron chi connectivity index (χ3n) is 4.33. The summed E-state index contributed by atoms with van der Waals surface area (Å²) in [7, 11) is 1.46. The van der Waals surface area contributed by atoms with Crippen LogP contribution < -0.4 is 5.32 Å². The van der Waals surface area contributed by atoms with Crippen molar-refractivity contribution in [3.63, 3.8) is 0 Å². The summed E-state index contributed by atoms with van der Waals surface area (Å²) in [5, 5.41) is 14.1. The van der Waals surface area contributed by atoms with Crippen molar-refractivity contribution in [2.24, 2.45) is 0 Å². The lowest BCUT2D eigenvalue weighted by atomic mass is 10.1. The van der Waals surface area contributed by atoms with Gasteiger partial charge in [-0.15, -0.1) is 16.4 Å². The minimum absolute atomic E-state index is 0.0382. The number of methoxy groups -OCH3 is 1. The van der Waals surface area contributed by atoms with Gasteiger partial charge in [-0.3, -0.25) is 4.79 Å². The number of carbonyl (C=O) groups excluding carboxylic acids is 1. The first-order valence-corrected chi connectivity index (χ1v) is 9.36. The Morgan fingerprint density at radius 2 is 2.07 bits per heavy atom. The van der Waals surface area contributed by atoms with Crippen molar-refractivity contribution in [2.45, 2.75) is 13.5 Å². The van der Waals surface area contributed by atoms with E-state index in [1.54, 1.807) is 19.1 Å². The number of nitrogens with one attached hydrogen (secondary N) is 1. The number of carbonyl (C=O) groups is 1. The molecule has 2 heterocycles. The second-order valence-corrected chi connectivity index (χ2v) is 7.26. The van der Waals surface area contributed by atoms with Gasteiger partial charge in [0.1, 0.15) is 11.6 Å². The number of aryl methyl sites for hydroxylation is 1. The standard InChI is InChI=1S/C19H15F2N5O2S/c1-10-23-24-25-26(10)11-6-7-13(20)15(8-11)22-19(27)18-12(9-28-2)17-14(21)4-3-5-16(17)29-18/h3-8H,9H2,1-2H3,(H,22,27). The average molecular weight is 415 g/mol. The first-order chi connectivity index (χ1) is 14.0. The van der Waals surface area contributed by atoms with Crippen LogP contribution in [0.3, 0.4) is 0 Å². The summed E-state index contributed by atoms with van der Waals surface area (Å²) in [6.07, 6.45) is 0. The van der Waals surface area contributed by atoms with Crippen LogP contribution in [0.1, 0.15) is 21.1 Å². The van der Waals surface area contributed by atoms with Crippen LogP contribution in [0.5, 0.6) is 0 Å². The SMILES string of the molecule is COCc1c(C(=O)Nc2cc(-n3nnnc3C)ccc2F)sc2cccc(F)c12. The molecule has 1 N–H and O–H groups in total. The van der Waals surface area contributed by atoms with Crippen molar-refractivity contribution in [2.75, 3.05) is 12.4 Å². The highest BCUT2D eigenvalue weighted by atomic mass is 32.1. The van der Waals surface area contributed by atoms with E-state index >= 15 is 0 Å². The number of rotatable bonds is 5. The van der Waals surface area contributed by atoms with Crippen molar-refractivity contribution in [1.82, 2.24) is 20.2 Å². The summed E-state index contributed by atoms with van der Waals surface area (Å²) < 4.78 is 35.9. The lowest BCUT2D eigenvalue weighted by Gasteiger charge is -2.09. The topological polar surface area (TPSA) is 81.9 Å². The van der Waals surface area contributed by atoms with Crippen LogP contribution in [-0.4, -0.2) is 33.2 Å². The number of tetrazole rings is 1. The van der Waals surface area contributed by atoms with Crippen LogP contribution in [0.2, 0.25) is 0 Å². The molecular weight excluding hydrogens is 400 g/mol. The summed E-state index contributed by atoms with van der Waals surface area (Å²) in [6.45, 7) is 1.75. The smallest absolute Gasteiger partial charge is 0.266 e. The molecule has 2 aromatic carbocycles. The number of thiophene rings is 1. The van der Waals surface area contributed by atoms with Gasteiger partial charge in [0.15, 0.2) is 5.82 Å². The highest BCUT2D eigenvalue weighted by molar-refractivity contribution is 7.21. The fourth-order valence-corrected chi connectivity index (χ4v) is 4.14. The van der Waals surface area contributed by atoms with Crippen molar-refractivity contribution < 1.29 is 18.3 Å². The van der Waals surface area contributed by atoms with Gasteiger partial charge < -0.3 is 10.1 Å². The van der Waals surface area contributed by atoms with Crippen molar-refractivity contribution >= 4 is 33.0 Å². The highest BCUT2D eigenvalue weighted by Crippen LogP contribution is 2.34. The molecule has 0 saturated carbocycles. The predicted octanol–water partition coefficient (Wildman–Crippen LogP) is 3.86. The number of amides is 1. The molecule has 2 aromatic heterocycles. The average Bonchev–Trinajstić information content (AvgIpc) is 3.28. The second kappa shape index (κ2) is 7.64. The molecule has 1 amide bonds. The molecule has 7 nitrogen and oxygen atoms in total. The number of halogens is 2. The van der Waals surface area contributed by atoms with Crippen molar-refractivity contribution in [1.29, 1.82) is 0 Å². The van der Waals surface area contributed by atoms with Gasteiger partial charge in [0.2, 0.25) is 0 Å². The van der Waals surface area contributed by atoms with Crippen LogP contribution >= 0.6 is 11.3 Å². The van der Waals surface area contributed by atoms with E-state index in [1.165, 1.54) is 36.1 Å². The van der Waals surface area contributed by atoms with Crippen LogP contribution in [0.4, 0.5) is 14.5 Å². The third kappa shape index (κ3) is 3.47. The molecular formula is C19H15F2N5O2S. The molecule has 0 aliphatic heterocycles. The minimum atomic E-state index is -0.617. The molecule has 0 aliphatic rings. The molecule has 29 heavy (non-hydrogen) atoms.